The lowest BCUT2D eigenvalue weighted by atomic mass is 10.0. The molecule has 1 aliphatic carbocycles. The molecule has 0 aliphatic heterocycles. The third kappa shape index (κ3) is 5.61. The van der Waals surface area contributed by atoms with Crippen molar-refractivity contribution in [2.75, 3.05) is 11.9 Å². The Bertz CT molecular complexity index is 536. The van der Waals surface area contributed by atoms with Crippen LogP contribution in [0.5, 0.6) is 0 Å². The second kappa shape index (κ2) is 8.43. The number of rotatable bonds is 7. The lowest BCUT2D eigenvalue weighted by Crippen LogP contribution is -2.42. The number of nitrogens with zero attached hydrogens (tertiary/aromatic N) is 2. The minimum atomic E-state index is -0.178. The molecule has 1 fully saturated rings. The Labute approximate surface area is 142 Å². The van der Waals surface area contributed by atoms with Crippen molar-refractivity contribution in [3.05, 3.63) is 11.1 Å². The molecule has 1 aromatic heterocycles. The molecule has 0 bridgehead atoms. The Morgan fingerprint density at radius 1 is 1.39 bits per heavy atom. The summed E-state index contributed by atoms with van der Waals surface area (Å²) in [5.41, 5.74) is 0. The fourth-order valence-corrected chi connectivity index (χ4v) is 3.74. The summed E-state index contributed by atoms with van der Waals surface area (Å²) in [5, 5.41) is 3.37. The zero-order valence-corrected chi connectivity index (χ0v) is 15.1. The van der Waals surface area contributed by atoms with Crippen LogP contribution in [0.25, 0.3) is 0 Å². The Morgan fingerprint density at radius 3 is 2.65 bits per heavy atom. The summed E-state index contributed by atoms with van der Waals surface area (Å²) >= 11 is 1.44. The van der Waals surface area contributed by atoms with Crippen molar-refractivity contribution in [3.63, 3.8) is 0 Å². The maximum absolute atomic E-state index is 12.5. The molecule has 0 aromatic carbocycles. The van der Waals surface area contributed by atoms with Crippen molar-refractivity contribution in [2.24, 2.45) is 5.92 Å². The van der Waals surface area contributed by atoms with E-state index in [0.717, 1.165) is 11.3 Å². The van der Waals surface area contributed by atoms with E-state index in [1.165, 1.54) is 37.0 Å². The summed E-state index contributed by atoms with van der Waals surface area (Å²) < 4.78 is 0. The van der Waals surface area contributed by atoms with Crippen molar-refractivity contribution in [2.45, 2.75) is 65.3 Å². The van der Waals surface area contributed by atoms with E-state index in [2.05, 4.69) is 10.3 Å². The van der Waals surface area contributed by atoms with Crippen molar-refractivity contribution >= 4 is 28.3 Å². The van der Waals surface area contributed by atoms with E-state index >= 15 is 0 Å². The summed E-state index contributed by atoms with van der Waals surface area (Å²) in [7, 11) is 0. The molecule has 0 spiro atoms. The number of thiazole rings is 1. The van der Waals surface area contributed by atoms with Crippen LogP contribution in [-0.2, 0) is 9.59 Å². The third-order valence-corrected chi connectivity index (χ3v) is 5.19. The van der Waals surface area contributed by atoms with Gasteiger partial charge in [-0.15, -0.1) is 11.3 Å². The highest BCUT2D eigenvalue weighted by Crippen LogP contribution is 2.28. The van der Waals surface area contributed by atoms with E-state index in [9.17, 15) is 9.59 Å². The van der Waals surface area contributed by atoms with Crippen molar-refractivity contribution in [1.29, 1.82) is 0 Å². The van der Waals surface area contributed by atoms with Crippen LogP contribution in [0.3, 0.4) is 0 Å². The van der Waals surface area contributed by atoms with Gasteiger partial charge in [-0.2, -0.15) is 0 Å². The van der Waals surface area contributed by atoms with E-state index < -0.39 is 0 Å². The van der Waals surface area contributed by atoms with Gasteiger partial charge >= 0.3 is 0 Å². The van der Waals surface area contributed by atoms with Gasteiger partial charge in [-0.3, -0.25) is 9.59 Å². The molecule has 1 saturated carbocycles. The summed E-state index contributed by atoms with van der Waals surface area (Å²) in [5.74, 6) is 0.597. The Kier molecular flexibility index (Phi) is 6.57. The number of amides is 2. The second-order valence-electron chi connectivity index (χ2n) is 6.63. The minimum absolute atomic E-state index is 0.0230. The van der Waals surface area contributed by atoms with E-state index in [1.807, 2.05) is 20.8 Å². The Morgan fingerprint density at radius 2 is 2.09 bits per heavy atom. The predicted molar refractivity (Wildman–Crippen MR) is 93.5 cm³/mol. The molecular formula is C17H27N3O2S. The first-order valence-electron chi connectivity index (χ1n) is 8.47. The number of carbonyl (C=O) groups is 2. The lowest BCUT2D eigenvalue weighted by Gasteiger charge is -2.26. The van der Waals surface area contributed by atoms with E-state index in [1.54, 1.807) is 11.1 Å². The van der Waals surface area contributed by atoms with Crippen LogP contribution in [0.15, 0.2) is 6.20 Å². The van der Waals surface area contributed by atoms with Crippen LogP contribution in [0, 0.1) is 12.8 Å². The van der Waals surface area contributed by atoms with Crippen molar-refractivity contribution < 1.29 is 9.59 Å². The smallest absolute Gasteiger partial charge is 0.245 e. The number of aryl methyl sites for hydroxylation is 1. The SMILES string of the molecule is Cc1cnc(NC(=O)CN(C(=O)CCC2CCCC2)C(C)C)s1. The third-order valence-electron chi connectivity index (χ3n) is 4.37. The maximum Gasteiger partial charge on any atom is 0.245 e. The number of anilines is 1. The van der Waals surface area contributed by atoms with Gasteiger partial charge in [0.25, 0.3) is 0 Å². The number of carbonyl (C=O) groups excluding carboxylic acids is 2. The fourth-order valence-electron chi connectivity index (χ4n) is 3.06. The maximum atomic E-state index is 12.5. The molecule has 1 aliphatic rings. The molecule has 2 amide bonds. The van der Waals surface area contributed by atoms with Gasteiger partial charge in [0.15, 0.2) is 5.13 Å². The Hall–Kier alpha value is -1.43. The molecule has 0 unspecified atom stereocenters. The first-order valence-corrected chi connectivity index (χ1v) is 9.29. The van der Waals surface area contributed by atoms with Gasteiger partial charge in [0.05, 0.1) is 0 Å². The summed E-state index contributed by atoms with van der Waals surface area (Å²) in [4.78, 5) is 31.5. The van der Waals surface area contributed by atoms with Gasteiger partial charge in [0, 0.05) is 23.5 Å². The van der Waals surface area contributed by atoms with Crippen LogP contribution in [0.4, 0.5) is 5.13 Å². The molecule has 128 valence electrons. The normalized spacial score (nSPS) is 15.1. The van der Waals surface area contributed by atoms with Crippen molar-refractivity contribution in [3.8, 4) is 0 Å². The molecule has 2 rings (SSSR count). The summed E-state index contributed by atoms with van der Waals surface area (Å²) in [6, 6.07) is 0.0230. The minimum Gasteiger partial charge on any atom is -0.331 e. The zero-order chi connectivity index (χ0) is 16.8. The van der Waals surface area contributed by atoms with E-state index in [-0.39, 0.29) is 24.4 Å². The summed E-state index contributed by atoms with van der Waals surface area (Å²) in [6.07, 6.45) is 8.32. The molecule has 0 atom stereocenters. The van der Waals surface area contributed by atoms with E-state index in [4.69, 9.17) is 0 Å². The van der Waals surface area contributed by atoms with Gasteiger partial charge in [-0.05, 0) is 33.1 Å². The van der Waals surface area contributed by atoms with Crippen LogP contribution >= 0.6 is 11.3 Å². The molecular weight excluding hydrogens is 310 g/mol. The highest BCUT2D eigenvalue weighted by Gasteiger charge is 2.22. The number of hydrogen-bond donors (Lipinski definition) is 1. The molecule has 0 saturated heterocycles. The molecule has 23 heavy (non-hydrogen) atoms. The molecule has 1 aromatic rings. The first kappa shape index (κ1) is 17.9. The first-order chi connectivity index (χ1) is 11.0. The topological polar surface area (TPSA) is 62.3 Å². The van der Waals surface area contributed by atoms with Crippen molar-refractivity contribution in [1.82, 2.24) is 9.88 Å². The average Bonchev–Trinajstić information content (AvgIpc) is 3.13. The average molecular weight is 337 g/mol. The monoisotopic (exact) mass is 337 g/mol. The fraction of sp³-hybridized carbons (Fsp3) is 0.706. The van der Waals surface area contributed by atoms with Gasteiger partial charge in [0.2, 0.25) is 11.8 Å². The van der Waals surface area contributed by atoms with Crippen LogP contribution in [0.1, 0.15) is 57.2 Å². The molecule has 1 heterocycles. The Balaban J connectivity index is 1.84. The van der Waals surface area contributed by atoms with Gasteiger partial charge in [-0.25, -0.2) is 4.98 Å². The number of aromatic nitrogens is 1. The quantitative estimate of drug-likeness (QED) is 0.827. The second-order valence-corrected chi connectivity index (χ2v) is 7.86. The van der Waals surface area contributed by atoms with Crippen LogP contribution < -0.4 is 5.32 Å². The highest BCUT2D eigenvalue weighted by molar-refractivity contribution is 7.15. The summed E-state index contributed by atoms with van der Waals surface area (Å²) in [6.45, 7) is 5.95. The predicted octanol–water partition coefficient (Wildman–Crippen LogP) is 3.60. The van der Waals surface area contributed by atoms with Gasteiger partial charge in [-0.1, -0.05) is 25.7 Å². The van der Waals surface area contributed by atoms with Crippen LogP contribution in [-0.4, -0.2) is 34.3 Å². The molecule has 0 radical (unpaired) electrons. The number of hydrogen-bond acceptors (Lipinski definition) is 4. The molecule has 5 nitrogen and oxygen atoms in total. The molecule has 6 heteroatoms. The van der Waals surface area contributed by atoms with Gasteiger partial charge in [0.1, 0.15) is 6.54 Å². The lowest BCUT2D eigenvalue weighted by molar-refractivity contribution is -0.136. The number of nitrogens with one attached hydrogen (secondary N) is 1. The largest absolute Gasteiger partial charge is 0.331 e. The van der Waals surface area contributed by atoms with Gasteiger partial charge < -0.3 is 10.2 Å². The zero-order valence-electron chi connectivity index (χ0n) is 14.3. The van der Waals surface area contributed by atoms with Crippen LogP contribution in [0.2, 0.25) is 0 Å². The standard InChI is InChI=1S/C17H27N3O2S/c1-12(2)20(16(22)9-8-14-6-4-5-7-14)11-15(21)19-17-18-10-13(3)23-17/h10,12,14H,4-9,11H2,1-3H3,(H,18,19,21). The van der Waals surface area contributed by atoms with E-state index in [0.29, 0.717) is 17.5 Å². The molecule has 1 N–H and O–H groups in total. The highest BCUT2D eigenvalue weighted by atomic mass is 32.1.